The summed E-state index contributed by atoms with van der Waals surface area (Å²) in [7, 11) is 0. The Kier molecular flexibility index (Phi) is 4.31. The average Bonchev–Trinajstić information content (AvgIpc) is 2.90. The third kappa shape index (κ3) is 3.29. The number of carbonyl (C=O) groups is 1. The number of likely N-dealkylation sites (tertiary alicyclic amines) is 1. The molecule has 98 valence electrons. The molecule has 1 aliphatic rings. The number of hydrogen-bond acceptors (Lipinski definition) is 2. The highest BCUT2D eigenvalue weighted by molar-refractivity contribution is 5.94. The summed E-state index contributed by atoms with van der Waals surface area (Å²) in [6, 6.07) is 5.98. The van der Waals surface area contributed by atoms with Crippen molar-refractivity contribution in [2.75, 3.05) is 19.6 Å². The van der Waals surface area contributed by atoms with Crippen molar-refractivity contribution in [3.05, 3.63) is 35.6 Å². The zero-order valence-corrected chi connectivity index (χ0v) is 10.7. The number of carbonyl (C=O) groups excluding carboxylic acids is 1. The van der Waals surface area contributed by atoms with E-state index < -0.39 is 0 Å². The number of amides is 1. The van der Waals surface area contributed by atoms with E-state index in [2.05, 4.69) is 17.1 Å². The van der Waals surface area contributed by atoms with Crippen molar-refractivity contribution in [3.63, 3.8) is 0 Å². The second kappa shape index (κ2) is 5.96. The third-order valence-electron chi connectivity index (χ3n) is 3.43. The Morgan fingerprint density at radius 3 is 2.56 bits per heavy atom. The van der Waals surface area contributed by atoms with E-state index in [-0.39, 0.29) is 11.7 Å². The van der Waals surface area contributed by atoms with Crippen LogP contribution < -0.4 is 5.32 Å². The zero-order valence-electron chi connectivity index (χ0n) is 10.7. The molecule has 2 rings (SSSR count). The molecular weight excluding hydrogens is 231 g/mol. The minimum absolute atomic E-state index is 0.138. The maximum absolute atomic E-state index is 12.7. The Morgan fingerprint density at radius 2 is 1.94 bits per heavy atom. The van der Waals surface area contributed by atoms with Gasteiger partial charge >= 0.3 is 0 Å². The molecule has 0 saturated carbocycles. The lowest BCUT2D eigenvalue weighted by Crippen LogP contribution is -2.40. The monoisotopic (exact) mass is 250 g/mol. The van der Waals surface area contributed by atoms with E-state index in [9.17, 15) is 9.18 Å². The van der Waals surface area contributed by atoms with Crippen molar-refractivity contribution >= 4 is 5.91 Å². The van der Waals surface area contributed by atoms with Crippen molar-refractivity contribution in [1.82, 2.24) is 10.2 Å². The summed E-state index contributed by atoms with van der Waals surface area (Å²) in [5.41, 5.74) is 0.505. The van der Waals surface area contributed by atoms with E-state index in [1.165, 1.54) is 37.1 Å². The average molecular weight is 250 g/mol. The van der Waals surface area contributed by atoms with Crippen molar-refractivity contribution in [1.29, 1.82) is 0 Å². The molecule has 0 aliphatic carbocycles. The van der Waals surface area contributed by atoms with Gasteiger partial charge in [-0.25, -0.2) is 4.39 Å². The summed E-state index contributed by atoms with van der Waals surface area (Å²) in [5.74, 6) is -0.460. The first-order chi connectivity index (χ1) is 8.66. The molecule has 1 N–H and O–H groups in total. The molecule has 0 radical (unpaired) electrons. The standard InChI is InChI=1S/C14H19FN2O/c1-11(17-8-2-3-9-17)10-16-14(18)12-4-6-13(15)7-5-12/h4-7,11H,2-3,8-10H2,1H3,(H,16,18)/t11-/m0/s1. The van der Waals surface area contributed by atoms with Gasteiger partial charge in [0.05, 0.1) is 0 Å². The maximum Gasteiger partial charge on any atom is 0.251 e. The highest BCUT2D eigenvalue weighted by Gasteiger charge is 2.18. The summed E-state index contributed by atoms with van der Waals surface area (Å²) in [6.07, 6.45) is 2.49. The minimum atomic E-state index is -0.322. The molecule has 3 nitrogen and oxygen atoms in total. The molecule has 1 heterocycles. The van der Waals surface area contributed by atoms with Gasteiger partial charge in [-0.05, 0) is 57.1 Å². The van der Waals surface area contributed by atoms with Crippen LogP contribution in [0.4, 0.5) is 4.39 Å². The Morgan fingerprint density at radius 1 is 1.33 bits per heavy atom. The van der Waals surface area contributed by atoms with Crippen molar-refractivity contribution in [2.45, 2.75) is 25.8 Å². The summed E-state index contributed by atoms with van der Waals surface area (Å²) in [6.45, 7) is 4.99. The quantitative estimate of drug-likeness (QED) is 0.887. The highest BCUT2D eigenvalue weighted by Crippen LogP contribution is 2.11. The molecule has 0 aromatic heterocycles. The van der Waals surface area contributed by atoms with Gasteiger partial charge in [0.2, 0.25) is 0 Å². The Bertz CT molecular complexity index is 399. The molecule has 4 heteroatoms. The highest BCUT2D eigenvalue weighted by atomic mass is 19.1. The van der Waals surface area contributed by atoms with Crippen LogP contribution in [0.15, 0.2) is 24.3 Å². The number of nitrogens with one attached hydrogen (secondary N) is 1. The van der Waals surface area contributed by atoms with Gasteiger partial charge < -0.3 is 5.32 Å². The number of rotatable bonds is 4. The number of hydrogen-bond donors (Lipinski definition) is 1. The first-order valence-electron chi connectivity index (χ1n) is 6.44. The summed E-state index contributed by atoms with van der Waals surface area (Å²) in [4.78, 5) is 14.2. The lowest BCUT2D eigenvalue weighted by atomic mass is 10.2. The molecule has 0 unspecified atom stereocenters. The molecule has 1 aromatic carbocycles. The largest absolute Gasteiger partial charge is 0.350 e. The van der Waals surface area contributed by atoms with E-state index in [1.807, 2.05) is 0 Å². The van der Waals surface area contributed by atoms with Crippen molar-refractivity contribution < 1.29 is 9.18 Å². The molecule has 1 saturated heterocycles. The Labute approximate surface area is 107 Å². The van der Waals surface area contributed by atoms with E-state index in [0.29, 0.717) is 18.2 Å². The van der Waals surface area contributed by atoms with E-state index in [0.717, 1.165) is 13.1 Å². The summed E-state index contributed by atoms with van der Waals surface area (Å²) in [5, 5.41) is 2.89. The molecule has 1 aliphatic heterocycles. The minimum Gasteiger partial charge on any atom is -0.350 e. The van der Waals surface area contributed by atoms with Crippen molar-refractivity contribution in [3.8, 4) is 0 Å². The third-order valence-corrected chi connectivity index (χ3v) is 3.43. The van der Waals surface area contributed by atoms with E-state index in [4.69, 9.17) is 0 Å². The maximum atomic E-state index is 12.7. The predicted molar refractivity (Wildman–Crippen MR) is 69.0 cm³/mol. The molecule has 18 heavy (non-hydrogen) atoms. The van der Waals surface area contributed by atoms with Gasteiger partial charge in [0.25, 0.3) is 5.91 Å². The lowest BCUT2D eigenvalue weighted by molar-refractivity contribution is 0.0940. The predicted octanol–water partition coefficient (Wildman–Crippen LogP) is 2.04. The fraction of sp³-hybridized carbons (Fsp3) is 0.500. The van der Waals surface area contributed by atoms with Crippen LogP contribution in [-0.4, -0.2) is 36.5 Å². The van der Waals surface area contributed by atoms with Crippen LogP contribution in [0.25, 0.3) is 0 Å². The fourth-order valence-electron chi connectivity index (χ4n) is 2.26. The van der Waals surface area contributed by atoms with Gasteiger partial charge in [0.1, 0.15) is 5.82 Å². The van der Waals surface area contributed by atoms with Gasteiger partial charge in [0.15, 0.2) is 0 Å². The summed E-state index contributed by atoms with van der Waals surface area (Å²) < 4.78 is 12.7. The van der Waals surface area contributed by atoms with Gasteiger partial charge in [-0.3, -0.25) is 9.69 Å². The van der Waals surface area contributed by atoms with Crippen LogP contribution in [0.3, 0.4) is 0 Å². The zero-order chi connectivity index (χ0) is 13.0. The molecule has 1 atom stereocenters. The Hall–Kier alpha value is -1.42. The number of nitrogens with zero attached hydrogens (tertiary/aromatic N) is 1. The fourth-order valence-corrected chi connectivity index (χ4v) is 2.26. The van der Waals surface area contributed by atoms with Gasteiger partial charge in [-0.2, -0.15) is 0 Å². The smallest absolute Gasteiger partial charge is 0.251 e. The number of halogens is 1. The van der Waals surface area contributed by atoms with Crippen LogP contribution in [0, 0.1) is 5.82 Å². The van der Waals surface area contributed by atoms with Gasteiger partial charge in [0, 0.05) is 18.2 Å². The Balaban J connectivity index is 1.82. The normalized spacial score (nSPS) is 17.7. The molecule has 0 spiro atoms. The molecular formula is C14H19FN2O. The summed E-state index contributed by atoms with van der Waals surface area (Å²) >= 11 is 0. The number of benzene rings is 1. The van der Waals surface area contributed by atoms with Crippen LogP contribution >= 0.6 is 0 Å². The first kappa shape index (κ1) is 13.0. The van der Waals surface area contributed by atoms with E-state index >= 15 is 0 Å². The molecule has 1 fully saturated rings. The van der Waals surface area contributed by atoms with E-state index in [1.54, 1.807) is 0 Å². The second-order valence-corrected chi connectivity index (χ2v) is 4.81. The van der Waals surface area contributed by atoms with Crippen LogP contribution in [-0.2, 0) is 0 Å². The molecule has 1 aromatic rings. The van der Waals surface area contributed by atoms with Crippen LogP contribution in [0.1, 0.15) is 30.1 Å². The van der Waals surface area contributed by atoms with Gasteiger partial charge in [-0.15, -0.1) is 0 Å². The lowest BCUT2D eigenvalue weighted by Gasteiger charge is -2.23. The topological polar surface area (TPSA) is 32.3 Å². The van der Waals surface area contributed by atoms with Crippen molar-refractivity contribution in [2.24, 2.45) is 0 Å². The SMILES string of the molecule is C[C@@H](CNC(=O)c1ccc(F)cc1)N1CCCC1. The van der Waals surface area contributed by atoms with Crippen LogP contribution in [0.2, 0.25) is 0 Å². The molecule has 1 amide bonds. The second-order valence-electron chi connectivity index (χ2n) is 4.81. The van der Waals surface area contributed by atoms with Gasteiger partial charge in [-0.1, -0.05) is 0 Å². The van der Waals surface area contributed by atoms with Crippen LogP contribution in [0.5, 0.6) is 0 Å². The first-order valence-corrected chi connectivity index (χ1v) is 6.44. The molecule has 0 bridgehead atoms.